The Hall–Kier alpha value is -3.52. The second-order valence-corrected chi connectivity index (χ2v) is 17.6. The van der Waals surface area contributed by atoms with Crippen LogP contribution >= 0.6 is 57.7 Å². The molecule has 3 aliphatic rings. The summed E-state index contributed by atoms with van der Waals surface area (Å²) in [5.74, 6) is -0.605. The number of benzene rings is 2. The zero-order chi connectivity index (χ0) is 38.9. The van der Waals surface area contributed by atoms with Crippen molar-refractivity contribution in [2.24, 2.45) is 0 Å². The lowest BCUT2D eigenvalue weighted by molar-refractivity contribution is -0.150. The molecule has 2 amide bonds. The van der Waals surface area contributed by atoms with Crippen molar-refractivity contribution in [3.63, 3.8) is 0 Å². The smallest absolute Gasteiger partial charge is 0.278 e. The van der Waals surface area contributed by atoms with Gasteiger partial charge in [-0.25, -0.2) is 14.7 Å². The van der Waals surface area contributed by atoms with Gasteiger partial charge in [0, 0.05) is 40.2 Å². The topological polar surface area (TPSA) is 97.0 Å². The van der Waals surface area contributed by atoms with Crippen LogP contribution in [0, 0.1) is 13.8 Å². The van der Waals surface area contributed by atoms with Gasteiger partial charge in [-0.05, 0) is 140 Å². The molecule has 5 aromatic rings. The van der Waals surface area contributed by atoms with Crippen molar-refractivity contribution < 1.29 is 19.0 Å². The van der Waals surface area contributed by atoms with E-state index in [1.54, 1.807) is 20.7 Å². The largest absolute Gasteiger partial charge is 0.493 e. The number of carbonyl (C=O) groups excluding carboxylic acids is 2. The van der Waals surface area contributed by atoms with E-state index in [2.05, 4.69) is 21.8 Å². The summed E-state index contributed by atoms with van der Waals surface area (Å²) in [5.41, 5.74) is 7.27. The summed E-state index contributed by atoms with van der Waals surface area (Å²) >= 11 is 21.1. The number of hydrogen-bond acceptors (Lipinski definition) is 7. The van der Waals surface area contributed by atoms with E-state index in [1.165, 1.54) is 21.4 Å². The number of thiophene rings is 2. The van der Waals surface area contributed by atoms with Crippen LogP contribution in [0.15, 0.2) is 69.5 Å². The number of alkyl halides is 1. The van der Waals surface area contributed by atoms with Gasteiger partial charge in [0.05, 0.1) is 17.5 Å². The maximum Gasteiger partial charge on any atom is 0.278 e. The minimum Gasteiger partial charge on any atom is -0.493 e. The van der Waals surface area contributed by atoms with Gasteiger partial charge in [-0.1, -0.05) is 47.5 Å². The Morgan fingerprint density at radius 1 is 0.764 bits per heavy atom. The maximum absolute atomic E-state index is 13.0. The number of nitrogens with zero attached hydrogens (tertiary/aromatic N) is 4. The molecule has 289 valence electrons. The Labute approximate surface area is 346 Å². The van der Waals surface area contributed by atoms with Crippen LogP contribution in [-0.4, -0.2) is 63.4 Å². The molecule has 0 saturated carbocycles. The molecular formula is C40H43BCl3N4O5S2. The van der Waals surface area contributed by atoms with Gasteiger partial charge in [0.25, 0.3) is 17.4 Å². The summed E-state index contributed by atoms with van der Waals surface area (Å²) in [6, 6.07) is 15.7. The first-order valence-corrected chi connectivity index (χ1v) is 20.7. The van der Waals surface area contributed by atoms with Gasteiger partial charge in [-0.3, -0.25) is 23.4 Å². The van der Waals surface area contributed by atoms with E-state index in [0.717, 1.165) is 64.6 Å². The molecule has 3 aliphatic heterocycles. The van der Waals surface area contributed by atoms with E-state index in [0.29, 0.717) is 41.6 Å². The highest BCUT2D eigenvalue weighted by Gasteiger charge is 2.59. The number of hydrazine groups is 1. The molecule has 2 aromatic carbocycles. The molecule has 0 unspecified atom stereocenters. The number of rotatable bonds is 4. The lowest BCUT2D eigenvalue weighted by Gasteiger charge is -2.31. The van der Waals surface area contributed by atoms with Crippen molar-refractivity contribution in [2.75, 3.05) is 13.1 Å². The fraction of sp³-hybridized carbons (Fsp3) is 0.375. The quantitative estimate of drug-likeness (QED) is 0.111. The van der Waals surface area contributed by atoms with Crippen LogP contribution < -0.4 is 5.56 Å². The van der Waals surface area contributed by atoms with Crippen LogP contribution in [0.25, 0.3) is 33.4 Å². The zero-order valence-corrected chi connectivity index (χ0v) is 35.3. The maximum atomic E-state index is 13.0. The molecule has 2 saturated heterocycles. The van der Waals surface area contributed by atoms with E-state index >= 15 is 0 Å². The lowest BCUT2D eigenvalue weighted by Crippen LogP contribution is -2.45. The summed E-state index contributed by atoms with van der Waals surface area (Å²) < 4.78 is 8.47. The zero-order valence-electron chi connectivity index (χ0n) is 31.4. The van der Waals surface area contributed by atoms with Crippen molar-refractivity contribution in [1.82, 2.24) is 19.4 Å². The molecule has 8 rings (SSSR count). The van der Waals surface area contributed by atoms with E-state index in [4.69, 9.17) is 35.1 Å². The average Bonchev–Trinajstić information content (AvgIpc) is 3.95. The van der Waals surface area contributed by atoms with Crippen LogP contribution in [0.2, 0.25) is 4.34 Å². The lowest BCUT2D eigenvalue weighted by atomic mass is 9.90. The van der Waals surface area contributed by atoms with Gasteiger partial charge in [-0.15, -0.1) is 11.3 Å². The molecule has 0 aliphatic carbocycles. The summed E-state index contributed by atoms with van der Waals surface area (Å²) in [6.45, 7) is 12.0. The van der Waals surface area contributed by atoms with Crippen molar-refractivity contribution in [2.45, 2.75) is 83.9 Å². The molecule has 3 radical (unpaired) electrons. The number of hydrogen-bond donors (Lipinski definition) is 1. The molecule has 0 spiro atoms. The van der Waals surface area contributed by atoms with Gasteiger partial charge in [0.1, 0.15) is 9.90 Å². The normalized spacial score (nSPS) is 16.0. The number of aromatic hydroxyl groups is 1. The predicted octanol–water partition coefficient (Wildman–Crippen LogP) is 9.62. The Morgan fingerprint density at radius 3 is 1.89 bits per heavy atom. The molecular weight excluding hydrogens is 798 g/mol. The Morgan fingerprint density at radius 2 is 1.35 bits per heavy atom. The Kier molecular flexibility index (Phi) is 13.4. The van der Waals surface area contributed by atoms with Crippen LogP contribution in [-0.2, 0) is 31.8 Å². The second-order valence-electron chi connectivity index (χ2n) is 14.5. The monoisotopic (exact) mass is 839 g/mol. The third-order valence-electron chi connectivity index (χ3n) is 9.67. The molecule has 3 aromatic heterocycles. The minimum absolute atomic E-state index is 0. The summed E-state index contributed by atoms with van der Waals surface area (Å²) in [7, 11) is 0. The van der Waals surface area contributed by atoms with Crippen molar-refractivity contribution in [3.8, 4) is 39.3 Å². The Bertz CT molecular complexity index is 2200. The molecule has 2 fully saturated rings. The van der Waals surface area contributed by atoms with Crippen LogP contribution in [0.4, 0.5) is 0 Å². The third-order valence-corrected chi connectivity index (χ3v) is 12.5. The first kappa shape index (κ1) is 42.6. The Balaban J connectivity index is 0.000000182. The van der Waals surface area contributed by atoms with Gasteiger partial charge < -0.3 is 5.11 Å². The molecule has 9 nitrogen and oxygen atoms in total. The van der Waals surface area contributed by atoms with E-state index in [1.807, 2.05) is 81.8 Å². The molecule has 0 bridgehead atoms. The van der Waals surface area contributed by atoms with Crippen molar-refractivity contribution in [3.05, 3.63) is 96.1 Å². The molecule has 1 N–H and O–H groups in total. The number of carbonyl (C=O) groups is 2. The van der Waals surface area contributed by atoms with Crippen molar-refractivity contribution >= 4 is 78.0 Å². The van der Waals surface area contributed by atoms with Gasteiger partial charge in [0.15, 0.2) is 0 Å². The molecule has 6 heterocycles. The molecule has 0 atom stereocenters. The van der Waals surface area contributed by atoms with Crippen molar-refractivity contribution in [1.29, 1.82) is 0 Å². The first-order valence-electron chi connectivity index (χ1n) is 17.8. The highest BCUT2D eigenvalue weighted by molar-refractivity contribution is 7.15. The average molecular weight is 841 g/mol. The number of halogens is 3. The predicted molar refractivity (Wildman–Crippen MR) is 225 cm³/mol. The van der Waals surface area contributed by atoms with Gasteiger partial charge >= 0.3 is 0 Å². The van der Waals surface area contributed by atoms with Crippen LogP contribution in [0.3, 0.4) is 0 Å². The standard InChI is InChI=1S/C18H16Cl2N2O2S.C18H18N2O2S.C4H9ClO.B/c1-11-4-5-12(13-6-9-25-15(13)19)10-14(11)18(20)16(23)21-7-2-3-8-22(21)17(18)24;1-12-4-5-13(14-6-9-23-11-14)10-15(12)16-17(21)19-7-2-3-8-20(19)18(16)22;1-4(2,3)6-5;/h4-6,9-10H,2-3,7-8H2,1H3;4-6,9-11,21H,2-3,7-8H2,1H3;1-3H3;. The van der Waals surface area contributed by atoms with E-state index in [9.17, 15) is 19.5 Å². The minimum atomic E-state index is -1.69. The molecule has 55 heavy (non-hydrogen) atoms. The number of aromatic nitrogens is 2. The summed E-state index contributed by atoms with van der Waals surface area (Å²) in [6.07, 6.45) is 3.74. The first-order chi connectivity index (χ1) is 25.7. The number of aryl methyl sites for hydroxylation is 2. The summed E-state index contributed by atoms with van der Waals surface area (Å²) in [5, 5.41) is 19.6. The van der Waals surface area contributed by atoms with Gasteiger partial charge in [0.2, 0.25) is 10.8 Å². The summed E-state index contributed by atoms with van der Waals surface area (Å²) in [4.78, 5) is 37.1. The van der Waals surface area contributed by atoms with Gasteiger partial charge in [-0.2, -0.15) is 11.3 Å². The van der Waals surface area contributed by atoms with Crippen LogP contribution in [0.5, 0.6) is 5.88 Å². The van der Waals surface area contributed by atoms with E-state index in [-0.39, 0.29) is 37.3 Å². The second kappa shape index (κ2) is 17.3. The number of fused-ring (bicyclic) bond motifs is 2. The highest BCUT2D eigenvalue weighted by atomic mass is 35.5. The highest BCUT2D eigenvalue weighted by Crippen LogP contribution is 2.44. The fourth-order valence-electron chi connectivity index (χ4n) is 6.81. The molecule has 15 heteroatoms. The number of amides is 2. The van der Waals surface area contributed by atoms with Crippen LogP contribution in [0.1, 0.15) is 63.1 Å². The van der Waals surface area contributed by atoms with E-state index < -0.39 is 4.87 Å². The SMILES string of the molecule is CC(C)(C)OCl.Cc1ccc(-c2ccsc2)cc1-c1c(O)n2n(c1=O)CCCC2.Cc1ccc(-c2ccsc2Cl)cc1C1(Cl)C(=O)N2CCCCN2C1=O.[B]. The third kappa shape index (κ3) is 8.45. The fourth-order valence-corrected chi connectivity index (χ4v) is 8.84.